The molecule has 0 aliphatic carbocycles. The molecule has 0 aliphatic heterocycles. The summed E-state index contributed by atoms with van der Waals surface area (Å²) in [5.41, 5.74) is 1.04. The topological polar surface area (TPSA) is 71.4 Å². The van der Waals surface area contributed by atoms with Crippen LogP contribution in [0.1, 0.15) is 49.9 Å². The molecule has 0 aliphatic rings. The van der Waals surface area contributed by atoms with Gasteiger partial charge in [-0.05, 0) is 30.5 Å². The lowest BCUT2D eigenvalue weighted by Crippen LogP contribution is -2.12. The third-order valence-electron chi connectivity index (χ3n) is 3.36. The molecule has 122 valence electrons. The van der Waals surface area contributed by atoms with Crippen LogP contribution < -0.4 is 10.1 Å². The second-order valence-corrected chi connectivity index (χ2v) is 5.65. The van der Waals surface area contributed by atoms with E-state index >= 15 is 0 Å². The van der Waals surface area contributed by atoms with Crippen molar-refractivity contribution in [1.82, 2.24) is 0 Å². The van der Waals surface area contributed by atoms with E-state index in [-0.39, 0.29) is 0 Å². The number of carbonyl (C=O) groups excluding carboxylic acids is 1. The van der Waals surface area contributed by atoms with Gasteiger partial charge in [0.15, 0.2) is 0 Å². The van der Waals surface area contributed by atoms with E-state index in [1.165, 1.54) is 13.5 Å². The zero-order valence-corrected chi connectivity index (χ0v) is 13.9. The van der Waals surface area contributed by atoms with Gasteiger partial charge in [-0.1, -0.05) is 26.7 Å². The van der Waals surface area contributed by atoms with Gasteiger partial charge in [0.25, 0.3) is 0 Å². The van der Waals surface area contributed by atoms with Crippen LogP contribution in [0.25, 0.3) is 0 Å². The predicted octanol–water partition coefficient (Wildman–Crippen LogP) is 4.09. The first-order valence-corrected chi connectivity index (χ1v) is 7.58. The largest absolute Gasteiger partial charge is 0.495 e. The lowest BCUT2D eigenvalue weighted by atomic mass is 10.1. The van der Waals surface area contributed by atoms with Gasteiger partial charge in [-0.2, -0.15) is 0 Å². The Morgan fingerprint density at radius 2 is 2.00 bits per heavy atom. The molecule has 0 bridgehead atoms. The lowest BCUT2D eigenvalue weighted by Gasteiger charge is -2.13. The van der Waals surface area contributed by atoms with Gasteiger partial charge in [0.05, 0.1) is 31.3 Å². The van der Waals surface area contributed by atoms with Gasteiger partial charge in [-0.3, -0.25) is 5.41 Å². The van der Waals surface area contributed by atoms with Crippen molar-refractivity contribution in [1.29, 1.82) is 5.41 Å². The molecule has 0 spiro atoms. The van der Waals surface area contributed by atoms with E-state index < -0.39 is 5.97 Å². The molecule has 2 N–H and O–H groups in total. The van der Waals surface area contributed by atoms with Gasteiger partial charge >= 0.3 is 5.97 Å². The van der Waals surface area contributed by atoms with Crippen LogP contribution in [0.2, 0.25) is 0 Å². The van der Waals surface area contributed by atoms with Gasteiger partial charge in [-0.15, -0.1) is 0 Å². The number of unbranched alkanes of at least 4 members (excludes halogenated alkanes) is 1. The fourth-order valence-electron chi connectivity index (χ4n) is 2.13. The zero-order valence-electron chi connectivity index (χ0n) is 13.9. The second kappa shape index (κ2) is 9.07. The number of esters is 1. The van der Waals surface area contributed by atoms with Crippen molar-refractivity contribution >= 4 is 17.5 Å². The first-order valence-electron chi connectivity index (χ1n) is 7.58. The highest BCUT2D eigenvalue weighted by Gasteiger charge is 2.11. The maximum Gasteiger partial charge on any atom is 0.337 e. The first-order chi connectivity index (χ1) is 10.5. The average molecular weight is 306 g/mol. The Kier molecular flexibility index (Phi) is 7.43. The number of nitrogens with one attached hydrogen (secondary N) is 2. The first kappa shape index (κ1) is 18.0. The number of hydrogen-bond donors (Lipinski definition) is 2. The van der Waals surface area contributed by atoms with E-state index in [1.807, 2.05) is 0 Å². The fraction of sp³-hybridized carbons (Fsp3) is 0.529. The summed E-state index contributed by atoms with van der Waals surface area (Å²) < 4.78 is 9.97. The number of carbonyl (C=O) groups is 1. The third kappa shape index (κ3) is 5.76. The van der Waals surface area contributed by atoms with Crippen LogP contribution in [0.3, 0.4) is 0 Å². The van der Waals surface area contributed by atoms with Gasteiger partial charge < -0.3 is 14.8 Å². The van der Waals surface area contributed by atoms with E-state index in [2.05, 4.69) is 19.2 Å². The van der Waals surface area contributed by atoms with E-state index in [9.17, 15) is 4.79 Å². The van der Waals surface area contributed by atoms with Crippen LogP contribution in [0.5, 0.6) is 5.75 Å². The van der Waals surface area contributed by atoms with Crippen molar-refractivity contribution in [2.75, 3.05) is 19.5 Å². The van der Waals surface area contributed by atoms with Crippen LogP contribution in [0.15, 0.2) is 18.2 Å². The van der Waals surface area contributed by atoms with Gasteiger partial charge in [0.1, 0.15) is 5.75 Å². The summed E-state index contributed by atoms with van der Waals surface area (Å²) in [6.45, 7) is 4.40. The Labute approximate surface area is 132 Å². The van der Waals surface area contributed by atoms with Crippen LogP contribution >= 0.6 is 0 Å². The van der Waals surface area contributed by atoms with E-state index in [4.69, 9.17) is 14.9 Å². The number of benzene rings is 1. The van der Waals surface area contributed by atoms with Crippen molar-refractivity contribution in [3.8, 4) is 5.75 Å². The number of hydrogen-bond acceptors (Lipinski definition) is 4. The summed E-state index contributed by atoms with van der Waals surface area (Å²) >= 11 is 0. The van der Waals surface area contributed by atoms with E-state index in [0.717, 1.165) is 12.8 Å². The normalized spacial score (nSPS) is 10.4. The van der Waals surface area contributed by atoms with E-state index in [0.29, 0.717) is 35.2 Å². The molecule has 0 unspecified atom stereocenters. The van der Waals surface area contributed by atoms with Crippen molar-refractivity contribution in [3.05, 3.63) is 23.8 Å². The number of anilines is 1. The molecular weight excluding hydrogens is 280 g/mol. The minimum atomic E-state index is -0.408. The van der Waals surface area contributed by atoms with Crippen molar-refractivity contribution in [2.24, 2.45) is 5.92 Å². The monoisotopic (exact) mass is 306 g/mol. The minimum absolute atomic E-state index is 0.408. The SMILES string of the molecule is COC(=O)c1ccc(OC)c(NC(=N)CCCCC(C)C)c1. The molecular formula is C17H26N2O3. The van der Waals surface area contributed by atoms with E-state index in [1.54, 1.807) is 25.3 Å². The number of rotatable bonds is 8. The molecule has 0 amide bonds. The summed E-state index contributed by atoms with van der Waals surface area (Å²) in [7, 11) is 2.90. The quantitative estimate of drug-likeness (QED) is 0.328. The molecule has 0 saturated heterocycles. The molecule has 0 fully saturated rings. The van der Waals surface area contributed by atoms with Crippen LogP contribution in [0, 0.1) is 11.3 Å². The molecule has 1 rings (SSSR count). The molecule has 1 aromatic carbocycles. The molecule has 0 radical (unpaired) electrons. The maximum absolute atomic E-state index is 11.6. The molecule has 1 aromatic rings. The molecule has 0 aromatic heterocycles. The highest BCUT2D eigenvalue weighted by molar-refractivity contribution is 5.97. The predicted molar refractivity (Wildman–Crippen MR) is 89.0 cm³/mol. The summed E-state index contributed by atoms with van der Waals surface area (Å²) in [5.74, 6) is 1.30. The smallest absolute Gasteiger partial charge is 0.337 e. The summed E-state index contributed by atoms with van der Waals surface area (Å²) in [5, 5.41) is 11.0. The Balaban J connectivity index is 2.66. The van der Waals surface area contributed by atoms with Crippen LogP contribution in [-0.2, 0) is 4.74 Å². The Bertz CT molecular complexity index is 513. The molecule has 0 heterocycles. The Hall–Kier alpha value is -2.04. The molecule has 0 saturated carbocycles. The number of ether oxygens (including phenoxy) is 2. The molecule has 5 heteroatoms. The van der Waals surface area contributed by atoms with Crippen molar-refractivity contribution in [3.63, 3.8) is 0 Å². The lowest BCUT2D eigenvalue weighted by molar-refractivity contribution is 0.0601. The number of amidine groups is 1. The van der Waals surface area contributed by atoms with Crippen LogP contribution in [-0.4, -0.2) is 26.0 Å². The molecule has 0 atom stereocenters. The van der Waals surface area contributed by atoms with Gasteiger partial charge in [-0.25, -0.2) is 4.79 Å². The van der Waals surface area contributed by atoms with Crippen molar-refractivity contribution < 1.29 is 14.3 Å². The van der Waals surface area contributed by atoms with Crippen LogP contribution in [0.4, 0.5) is 5.69 Å². The van der Waals surface area contributed by atoms with Gasteiger partial charge in [0.2, 0.25) is 0 Å². The average Bonchev–Trinajstić information content (AvgIpc) is 2.50. The summed E-state index contributed by atoms with van der Waals surface area (Å²) in [6.07, 6.45) is 3.94. The third-order valence-corrected chi connectivity index (χ3v) is 3.36. The second-order valence-electron chi connectivity index (χ2n) is 5.65. The Morgan fingerprint density at radius 3 is 2.59 bits per heavy atom. The fourth-order valence-corrected chi connectivity index (χ4v) is 2.13. The molecule has 5 nitrogen and oxygen atoms in total. The molecule has 22 heavy (non-hydrogen) atoms. The highest BCUT2D eigenvalue weighted by Crippen LogP contribution is 2.26. The van der Waals surface area contributed by atoms with Crippen molar-refractivity contribution in [2.45, 2.75) is 39.5 Å². The number of methoxy groups -OCH3 is 2. The zero-order chi connectivity index (χ0) is 16.5. The standard InChI is InChI=1S/C17H26N2O3/c1-12(2)7-5-6-8-16(18)19-14-11-13(17(20)22-4)9-10-15(14)21-3/h9-12H,5-8H2,1-4H3,(H2,18,19). The summed E-state index contributed by atoms with van der Waals surface area (Å²) in [6, 6.07) is 4.98. The minimum Gasteiger partial charge on any atom is -0.495 e. The van der Waals surface area contributed by atoms with Gasteiger partial charge in [0, 0.05) is 6.42 Å². The highest BCUT2D eigenvalue weighted by atomic mass is 16.5. The maximum atomic E-state index is 11.6. The Morgan fingerprint density at radius 1 is 1.27 bits per heavy atom. The summed E-state index contributed by atoms with van der Waals surface area (Å²) in [4.78, 5) is 11.6.